The number of rotatable bonds is 5. The van der Waals surface area contributed by atoms with Crippen molar-refractivity contribution in [2.24, 2.45) is 0 Å². The van der Waals surface area contributed by atoms with E-state index < -0.39 is 0 Å². The Morgan fingerprint density at radius 1 is 1.40 bits per heavy atom. The van der Waals surface area contributed by atoms with E-state index in [9.17, 15) is 4.79 Å². The fourth-order valence-corrected chi connectivity index (χ4v) is 1.35. The van der Waals surface area contributed by atoms with Crippen molar-refractivity contribution in [2.45, 2.75) is 12.8 Å². The normalized spacial score (nSPS) is 12.1. The number of ether oxygens (including phenoxy) is 1. The van der Waals surface area contributed by atoms with Crippen LogP contribution in [0.15, 0.2) is 30.3 Å². The number of benzene rings is 1. The molecular weight excluding hydrogens is 190 g/mol. The highest BCUT2D eigenvalue weighted by Crippen LogP contribution is 2.12. The molecule has 82 valence electrons. The number of methoxy groups -OCH3 is 1. The minimum absolute atomic E-state index is 0.0692. The molecule has 1 aromatic rings. The van der Waals surface area contributed by atoms with Crippen LogP contribution in [0.3, 0.4) is 0 Å². The van der Waals surface area contributed by atoms with Crippen LogP contribution in [-0.2, 0) is 9.53 Å². The molecule has 0 spiro atoms. The Morgan fingerprint density at radius 2 is 2.07 bits per heavy atom. The van der Waals surface area contributed by atoms with Crippen molar-refractivity contribution in [2.75, 3.05) is 20.3 Å². The van der Waals surface area contributed by atoms with E-state index in [1.807, 2.05) is 18.2 Å². The molecule has 3 heteroatoms. The van der Waals surface area contributed by atoms with Crippen LogP contribution in [0.5, 0.6) is 0 Å². The second-order valence-corrected chi connectivity index (χ2v) is 3.55. The molecular formula is C12H17NO2. The molecule has 0 aliphatic rings. The minimum atomic E-state index is -0.0692. The molecule has 0 aliphatic carbocycles. The Hall–Kier alpha value is -1.35. The van der Waals surface area contributed by atoms with Crippen LogP contribution in [-0.4, -0.2) is 26.2 Å². The lowest BCUT2D eigenvalue weighted by Gasteiger charge is -2.12. The highest BCUT2D eigenvalue weighted by molar-refractivity contribution is 5.77. The number of carbonyl (C=O) groups excluding carboxylic acids is 1. The molecule has 1 atom stereocenters. The summed E-state index contributed by atoms with van der Waals surface area (Å²) in [5.74, 6) is 0.257. The molecule has 1 amide bonds. The first-order chi connectivity index (χ1) is 7.24. The zero-order chi connectivity index (χ0) is 11.1. The highest BCUT2D eigenvalue weighted by atomic mass is 16.5. The standard InChI is InChI=1S/C12H17NO2/c1-10(8-13-12(14)9-15-2)11-6-4-3-5-7-11/h3-7,10H,8-9H2,1-2H3,(H,13,14)/t10-/m1/s1. The molecule has 0 saturated heterocycles. The summed E-state index contributed by atoms with van der Waals surface area (Å²) in [6, 6.07) is 10.1. The zero-order valence-corrected chi connectivity index (χ0v) is 9.19. The minimum Gasteiger partial charge on any atom is -0.375 e. The molecule has 0 heterocycles. The van der Waals surface area contributed by atoms with Crippen molar-refractivity contribution in [1.82, 2.24) is 5.32 Å². The number of amides is 1. The summed E-state index contributed by atoms with van der Waals surface area (Å²) >= 11 is 0. The summed E-state index contributed by atoms with van der Waals surface area (Å²) < 4.78 is 4.73. The Balaban J connectivity index is 2.37. The van der Waals surface area contributed by atoms with Gasteiger partial charge in [-0.1, -0.05) is 37.3 Å². The third-order valence-corrected chi connectivity index (χ3v) is 2.25. The molecule has 0 aromatic heterocycles. The molecule has 0 unspecified atom stereocenters. The second-order valence-electron chi connectivity index (χ2n) is 3.55. The van der Waals surface area contributed by atoms with Crippen molar-refractivity contribution in [3.8, 4) is 0 Å². The molecule has 3 nitrogen and oxygen atoms in total. The van der Waals surface area contributed by atoms with E-state index in [2.05, 4.69) is 24.4 Å². The van der Waals surface area contributed by atoms with E-state index in [4.69, 9.17) is 4.74 Å². The third-order valence-electron chi connectivity index (χ3n) is 2.25. The number of hydrogen-bond acceptors (Lipinski definition) is 2. The van der Waals surface area contributed by atoms with Crippen molar-refractivity contribution < 1.29 is 9.53 Å². The van der Waals surface area contributed by atoms with E-state index in [-0.39, 0.29) is 12.5 Å². The molecule has 15 heavy (non-hydrogen) atoms. The lowest BCUT2D eigenvalue weighted by Crippen LogP contribution is -2.30. The van der Waals surface area contributed by atoms with Gasteiger partial charge in [-0.2, -0.15) is 0 Å². The van der Waals surface area contributed by atoms with Crippen LogP contribution < -0.4 is 5.32 Å². The monoisotopic (exact) mass is 207 g/mol. The molecule has 0 saturated carbocycles. The average Bonchev–Trinajstić information content (AvgIpc) is 2.27. The number of hydrogen-bond donors (Lipinski definition) is 1. The van der Waals surface area contributed by atoms with Gasteiger partial charge in [0.15, 0.2) is 0 Å². The topological polar surface area (TPSA) is 38.3 Å². The summed E-state index contributed by atoms with van der Waals surface area (Å²) in [5, 5.41) is 2.82. The summed E-state index contributed by atoms with van der Waals surface area (Å²) in [5.41, 5.74) is 1.23. The first kappa shape index (κ1) is 11.7. The van der Waals surface area contributed by atoms with Gasteiger partial charge in [0.1, 0.15) is 6.61 Å². The molecule has 1 rings (SSSR count). The van der Waals surface area contributed by atoms with Crippen LogP contribution in [0, 0.1) is 0 Å². The van der Waals surface area contributed by atoms with Crippen LogP contribution in [0.2, 0.25) is 0 Å². The average molecular weight is 207 g/mol. The molecule has 0 bridgehead atoms. The summed E-state index contributed by atoms with van der Waals surface area (Å²) in [7, 11) is 1.51. The van der Waals surface area contributed by atoms with Gasteiger partial charge in [-0.15, -0.1) is 0 Å². The van der Waals surface area contributed by atoms with Gasteiger partial charge >= 0.3 is 0 Å². The van der Waals surface area contributed by atoms with Gasteiger partial charge in [-0.3, -0.25) is 4.79 Å². The van der Waals surface area contributed by atoms with E-state index in [1.165, 1.54) is 12.7 Å². The maximum absolute atomic E-state index is 11.1. The molecule has 1 aromatic carbocycles. The van der Waals surface area contributed by atoms with Crippen molar-refractivity contribution in [3.05, 3.63) is 35.9 Å². The van der Waals surface area contributed by atoms with Crippen LogP contribution in [0.1, 0.15) is 18.4 Å². The third kappa shape index (κ3) is 4.13. The van der Waals surface area contributed by atoms with Gasteiger partial charge in [-0.25, -0.2) is 0 Å². The van der Waals surface area contributed by atoms with Crippen LogP contribution in [0.4, 0.5) is 0 Å². The second kappa shape index (κ2) is 6.19. The Labute approximate surface area is 90.4 Å². The first-order valence-electron chi connectivity index (χ1n) is 5.04. The fourth-order valence-electron chi connectivity index (χ4n) is 1.35. The van der Waals surface area contributed by atoms with E-state index >= 15 is 0 Å². The largest absolute Gasteiger partial charge is 0.375 e. The number of carbonyl (C=O) groups is 1. The predicted octanol–water partition coefficient (Wildman–Crippen LogP) is 1.55. The summed E-state index contributed by atoms with van der Waals surface area (Å²) in [6.07, 6.45) is 0. The van der Waals surface area contributed by atoms with Crippen LogP contribution in [0.25, 0.3) is 0 Å². The van der Waals surface area contributed by atoms with Gasteiger partial charge in [0.05, 0.1) is 0 Å². The Kier molecular flexibility index (Phi) is 4.84. The lowest BCUT2D eigenvalue weighted by molar-refractivity contribution is -0.124. The van der Waals surface area contributed by atoms with Gasteiger partial charge in [0.2, 0.25) is 5.91 Å². The molecule has 0 radical (unpaired) electrons. The van der Waals surface area contributed by atoms with Gasteiger partial charge in [0.25, 0.3) is 0 Å². The van der Waals surface area contributed by atoms with Gasteiger partial charge in [-0.05, 0) is 11.5 Å². The molecule has 0 aliphatic heterocycles. The van der Waals surface area contributed by atoms with E-state index in [0.29, 0.717) is 12.5 Å². The maximum atomic E-state index is 11.1. The van der Waals surface area contributed by atoms with Gasteiger partial charge in [0, 0.05) is 13.7 Å². The lowest BCUT2D eigenvalue weighted by atomic mass is 10.0. The van der Waals surface area contributed by atoms with E-state index in [0.717, 1.165) is 0 Å². The fraction of sp³-hybridized carbons (Fsp3) is 0.417. The first-order valence-corrected chi connectivity index (χ1v) is 5.04. The van der Waals surface area contributed by atoms with Crippen LogP contribution >= 0.6 is 0 Å². The smallest absolute Gasteiger partial charge is 0.246 e. The maximum Gasteiger partial charge on any atom is 0.246 e. The molecule has 1 N–H and O–H groups in total. The molecule has 0 fully saturated rings. The predicted molar refractivity (Wildman–Crippen MR) is 59.7 cm³/mol. The quantitative estimate of drug-likeness (QED) is 0.795. The SMILES string of the molecule is COCC(=O)NC[C@@H](C)c1ccccc1. The van der Waals surface area contributed by atoms with Crippen molar-refractivity contribution >= 4 is 5.91 Å². The zero-order valence-electron chi connectivity index (χ0n) is 9.19. The highest BCUT2D eigenvalue weighted by Gasteiger charge is 2.06. The number of nitrogens with one attached hydrogen (secondary N) is 1. The Bertz CT molecular complexity index is 298. The van der Waals surface area contributed by atoms with E-state index in [1.54, 1.807) is 0 Å². The van der Waals surface area contributed by atoms with Crippen molar-refractivity contribution in [1.29, 1.82) is 0 Å². The van der Waals surface area contributed by atoms with Crippen molar-refractivity contribution in [3.63, 3.8) is 0 Å². The Morgan fingerprint density at radius 3 is 2.67 bits per heavy atom. The summed E-state index contributed by atoms with van der Waals surface area (Å²) in [4.78, 5) is 11.1. The summed E-state index contributed by atoms with van der Waals surface area (Å²) in [6.45, 7) is 2.86. The van der Waals surface area contributed by atoms with Gasteiger partial charge < -0.3 is 10.1 Å².